The van der Waals surface area contributed by atoms with Crippen LogP contribution in [0.5, 0.6) is 0 Å². The Morgan fingerprint density at radius 2 is 1.35 bits per heavy atom. The quantitative estimate of drug-likeness (QED) is 0.339. The molecule has 0 spiro atoms. The van der Waals surface area contributed by atoms with Crippen LogP contribution in [0.25, 0.3) is 0 Å². The number of hydrogen-bond donors (Lipinski definition) is 1. The smallest absolute Gasteiger partial charge is 1.00 e. The van der Waals surface area contributed by atoms with Gasteiger partial charge in [-0.1, -0.05) is 64.7 Å². The minimum absolute atomic E-state index is 0. The number of hydrogen-bond acceptors (Lipinski definition) is 2. The van der Waals surface area contributed by atoms with E-state index in [4.69, 9.17) is 5.11 Å². The maximum Gasteiger partial charge on any atom is 1.00 e. The summed E-state index contributed by atoms with van der Waals surface area (Å²) in [6.07, 6.45) is 11.4. The van der Waals surface area contributed by atoms with E-state index >= 15 is 0 Å². The summed E-state index contributed by atoms with van der Waals surface area (Å²) in [5.74, 6) is 0. The Bertz CT molecular complexity index is 168. The van der Waals surface area contributed by atoms with Gasteiger partial charge in [0.2, 0.25) is 0 Å². The molecular weight excluding hydrogens is 211 g/mol. The van der Waals surface area contributed by atoms with Crippen LogP contribution in [-0.4, -0.2) is 17.9 Å². The number of carbonyl (C=O) groups is 1. The third-order valence-electron chi connectivity index (χ3n) is 2.72. The molecule has 1 N–H and O–H groups in total. The van der Waals surface area contributed by atoms with E-state index in [0.29, 0.717) is 6.61 Å². The predicted octanol–water partition coefficient (Wildman–Crippen LogP) is 1.72. The van der Waals surface area contributed by atoms with Gasteiger partial charge in [0.25, 0.3) is 0 Å². The fourth-order valence-corrected chi connectivity index (χ4v) is 1.75. The molecule has 4 heteroatoms. The van der Waals surface area contributed by atoms with Gasteiger partial charge in [0.05, 0.1) is 6.61 Å². The summed E-state index contributed by atoms with van der Waals surface area (Å²) < 4.78 is 4.43. The first-order valence-electron chi connectivity index (χ1n) is 6.63. The molecule has 0 saturated carbocycles. The molecule has 0 aliphatic rings. The van der Waals surface area contributed by atoms with Crippen LogP contribution < -0.4 is 18.9 Å². The van der Waals surface area contributed by atoms with E-state index < -0.39 is 6.16 Å². The van der Waals surface area contributed by atoms with Gasteiger partial charge in [-0.2, -0.15) is 0 Å². The summed E-state index contributed by atoms with van der Waals surface area (Å²) in [6, 6.07) is 0. The number of ether oxygens (including phenoxy) is 1. The molecule has 0 bridgehead atoms. The maximum absolute atomic E-state index is 10.0. The second kappa shape index (κ2) is 15.9. The predicted molar refractivity (Wildman–Crippen MR) is 66.9 cm³/mol. The Balaban J connectivity index is -0.00000112. The van der Waals surface area contributed by atoms with Gasteiger partial charge in [-0.05, 0) is 6.42 Å². The van der Waals surface area contributed by atoms with Crippen LogP contribution in [0.4, 0.5) is 4.79 Å². The van der Waals surface area contributed by atoms with Crippen LogP contribution >= 0.6 is 0 Å². The molecule has 0 fully saturated rings. The van der Waals surface area contributed by atoms with Gasteiger partial charge in [-0.25, -0.2) is 4.79 Å². The largest absolute Gasteiger partial charge is 1.00 e. The zero-order chi connectivity index (χ0) is 12.1. The molecule has 0 aromatic heterocycles. The molecule has 0 heterocycles. The molecule has 0 aromatic carbocycles. The standard InChI is InChI=1S/C13H26O3.Li.H/c1-2-3-4-5-6-7-8-9-10-11-12-16-13(14)15;;/h2-12H2,1H3,(H,14,15);;/q;+1;-1. The SMILES string of the molecule is CCCCCCCCCCCCOC(=O)O.[H-].[Li+]. The summed E-state index contributed by atoms with van der Waals surface area (Å²) in [4.78, 5) is 10.0. The first-order valence-corrected chi connectivity index (χ1v) is 6.63. The molecule has 3 nitrogen and oxygen atoms in total. The topological polar surface area (TPSA) is 46.5 Å². The average Bonchev–Trinajstić information content (AvgIpc) is 2.25. The molecule has 0 radical (unpaired) electrons. The van der Waals surface area contributed by atoms with Crippen molar-refractivity contribution in [3.8, 4) is 0 Å². The zero-order valence-corrected chi connectivity index (χ0v) is 11.5. The Labute approximate surface area is 119 Å². The van der Waals surface area contributed by atoms with Crippen molar-refractivity contribution in [3.05, 3.63) is 0 Å². The van der Waals surface area contributed by atoms with Crippen LogP contribution in [-0.2, 0) is 4.74 Å². The maximum atomic E-state index is 10.0. The van der Waals surface area contributed by atoms with Gasteiger partial charge in [0.1, 0.15) is 0 Å². The summed E-state index contributed by atoms with van der Waals surface area (Å²) >= 11 is 0. The van der Waals surface area contributed by atoms with Crippen molar-refractivity contribution in [2.75, 3.05) is 6.61 Å². The Morgan fingerprint density at radius 1 is 0.941 bits per heavy atom. The molecule has 0 aliphatic carbocycles. The average molecular weight is 238 g/mol. The Morgan fingerprint density at radius 3 is 1.76 bits per heavy atom. The fraction of sp³-hybridized carbons (Fsp3) is 0.923. The van der Waals surface area contributed by atoms with Crippen LogP contribution in [0.15, 0.2) is 0 Å². The van der Waals surface area contributed by atoms with Gasteiger partial charge in [-0.3, -0.25) is 0 Å². The van der Waals surface area contributed by atoms with Crippen LogP contribution in [0, 0.1) is 0 Å². The van der Waals surface area contributed by atoms with E-state index in [1.54, 1.807) is 0 Å². The minimum Gasteiger partial charge on any atom is -1.00 e. The number of carboxylic acid groups (broad SMARTS) is 1. The molecule has 0 amide bonds. The third-order valence-corrected chi connectivity index (χ3v) is 2.72. The molecule has 98 valence electrons. The minimum atomic E-state index is -1.16. The summed E-state index contributed by atoms with van der Waals surface area (Å²) in [6.45, 7) is 2.59. The van der Waals surface area contributed by atoms with Crippen LogP contribution in [0.1, 0.15) is 72.6 Å². The fourth-order valence-electron chi connectivity index (χ4n) is 1.75. The molecule has 0 rings (SSSR count). The molecule has 0 atom stereocenters. The van der Waals surface area contributed by atoms with Crippen molar-refractivity contribution in [3.63, 3.8) is 0 Å². The molecule has 17 heavy (non-hydrogen) atoms. The van der Waals surface area contributed by atoms with Gasteiger partial charge < -0.3 is 11.3 Å². The first-order chi connectivity index (χ1) is 7.77. The summed E-state index contributed by atoms with van der Waals surface area (Å²) in [5, 5.41) is 8.23. The third kappa shape index (κ3) is 18.4. The Hall–Kier alpha value is -0.133. The van der Waals surface area contributed by atoms with E-state index in [-0.39, 0.29) is 20.3 Å². The molecule has 0 unspecified atom stereocenters. The second-order valence-corrected chi connectivity index (χ2v) is 4.30. The van der Waals surface area contributed by atoms with Gasteiger partial charge in [-0.15, -0.1) is 0 Å². The Kier molecular flexibility index (Phi) is 17.9. The van der Waals surface area contributed by atoms with Crippen molar-refractivity contribution in [1.82, 2.24) is 0 Å². The monoisotopic (exact) mass is 238 g/mol. The van der Waals surface area contributed by atoms with E-state index in [9.17, 15) is 4.79 Å². The summed E-state index contributed by atoms with van der Waals surface area (Å²) in [5.41, 5.74) is 0. The van der Waals surface area contributed by atoms with Crippen molar-refractivity contribution >= 4 is 6.16 Å². The van der Waals surface area contributed by atoms with Crippen molar-refractivity contribution in [2.45, 2.75) is 71.1 Å². The molecule has 0 aromatic rings. The van der Waals surface area contributed by atoms with Gasteiger partial charge >= 0.3 is 25.0 Å². The first kappa shape index (κ1) is 19.2. The van der Waals surface area contributed by atoms with Gasteiger partial charge in [0, 0.05) is 0 Å². The van der Waals surface area contributed by atoms with Crippen molar-refractivity contribution in [2.24, 2.45) is 0 Å². The normalized spacial score (nSPS) is 9.71. The van der Waals surface area contributed by atoms with Crippen LogP contribution in [0.2, 0.25) is 0 Å². The zero-order valence-electron chi connectivity index (χ0n) is 12.5. The second-order valence-electron chi connectivity index (χ2n) is 4.30. The van der Waals surface area contributed by atoms with E-state index in [1.807, 2.05) is 0 Å². The summed E-state index contributed by atoms with van der Waals surface area (Å²) in [7, 11) is 0. The van der Waals surface area contributed by atoms with E-state index in [0.717, 1.165) is 12.8 Å². The molecular formula is C13H27LiO3. The number of rotatable bonds is 11. The molecule has 0 aliphatic heterocycles. The van der Waals surface area contributed by atoms with Gasteiger partial charge in [0.15, 0.2) is 0 Å². The van der Waals surface area contributed by atoms with E-state index in [2.05, 4.69) is 11.7 Å². The van der Waals surface area contributed by atoms with Crippen molar-refractivity contribution < 1.29 is 34.9 Å². The number of unbranched alkanes of at least 4 members (excludes halogenated alkanes) is 9. The van der Waals surface area contributed by atoms with Crippen LogP contribution in [0.3, 0.4) is 0 Å². The van der Waals surface area contributed by atoms with E-state index in [1.165, 1.54) is 51.4 Å². The molecule has 0 saturated heterocycles. The van der Waals surface area contributed by atoms with Crippen molar-refractivity contribution in [1.29, 1.82) is 0 Å².